The highest BCUT2D eigenvalue weighted by Crippen LogP contribution is 2.14. The summed E-state index contributed by atoms with van der Waals surface area (Å²) in [4.78, 5) is 14.3. The maximum atomic E-state index is 12.0. The molecule has 1 N–H and O–H groups in total. The largest absolute Gasteiger partial charge is 0.351 e. The van der Waals surface area contributed by atoms with Crippen molar-refractivity contribution in [3.05, 3.63) is 35.4 Å². The summed E-state index contributed by atoms with van der Waals surface area (Å²) in [6.07, 6.45) is 0. The van der Waals surface area contributed by atoms with Crippen LogP contribution in [-0.2, 0) is 17.9 Å². The van der Waals surface area contributed by atoms with Gasteiger partial charge < -0.3 is 5.32 Å². The third-order valence-electron chi connectivity index (χ3n) is 3.70. The van der Waals surface area contributed by atoms with Crippen LogP contribution >= 0.6 is 15.9 Å². The average Bonchev–Trinajstić information content (AvgIpc) is 2.50. The molecule has 3 nitrogen and oxygen atoms in total. The number of hydrogen-bond acceptors (Lipinski definition) is 2. The predicted octanol–water partition coefficient (Wildman–Crippen LogP) is 3.56. The van der Waals surface area contributed by atoms with Crippen LogP contribution in [-0.4, -0.2) is 28.7 Å². The van der Waals surface area contributed by atoms with Crippen LogP contribution in [0, 0.1) is 5.92 Å². The molecule has 21 heavy (non-hydrogen) atoms. The molecule has 0 aliphatic carbocycles. The molecule has 0 spiro atoms. The molecule has 0 heterocycles. The Morgan fingerprint density at radius 1 is 1.19 bits per heavy atom. The second-order valence-electron chi connectivity index (χ2n) is 5.59. The van der Waals surface area contributed by atoms with E-state index in [1.54, 1.807) is 0 Å². The molecule has 0 aromatic heterocycles. The van der Waals surface area contributed by atoms with Gasteiger partial charge >= 0.3 is 0 Å². The molecule has 0 fully saturated rings. The van der Waals surface area contributed by atoms with Crippen molar-refractivity contribution >= 4 is 21.8 Å². The van der Waals surface area contributed by atoms with Crippen molar-refractivity contribution in [1.82, 2.24) is 10.2 Å². The fourth-order valence-corrected chi connectivity index (χ4v) is 2.32. The Morgan fingerprint density at radius 3 is 2.29 bits per heavy atom. The van der Waals surface area contributed by atoms with Crippen LogP contribution in [0.5, 0.6) is 0 Å². The molecule has 0 aliphatic heterocycles. The summed E-state index contributed by atoms with van der Waals surface area (Å²) < 4.78 is 0. The van der Waals surface area contributed by atoms with E-state index in [-0.39, 0.29) is 16.7 Å². The molecule has 0 radical (unpaired) electrons. The molecule has 0 saturated heterocycles. The van der Waals surface area contributed by atoms with Crippen molar-refractivity contribution in [1.29, 1.82) is 0 Å². The molecule has 1 amide bonds. The smallest absolute Gasteiger partial charge is 0.234 e. The number of nitrogens with zero attached hydrogens (tertiary/aromatic N) is 1. The molecule has 0 aliphatic rings. The second-order valence-corrected chi connectivity index (χ2v) is 6.58. The fraction of sp³-hybridized carbons (Fsp3) is 0.588. The first-order chi connectivity index (χ1) is 9.99. The summed E-state index contributed by atoms with van der Waals surface area (Å²) in [5.41, 5.74) is 2.48. The Morgan fingerprint density at radius 2 is 1.76 bits per heavy atom. The highest BCUT2D eigenvalue weighted by atomic mass is 79.9. The minimum atomic E-state index is -0.132. The molecule has 1 atom stereocenters. The highest BCUT2D eigenvalue weighted by Gasteiger charge is 2.18. The summed E-state index contributed by atoms with van der Waals surface area (Å²) in [7, 11) is 0. The zero-order valence-electron chi connectivity index (χ0n) is 13.5. The fourth-order valence-electron chi connectivity index (χ4n) is 2.15. The van der Waals surface area contributed by atoms with Crippen LogP contribution < -0.4 is 5.32 Å². The first kappa shape index (κ1) is 18.2. The maximum Gasteiger partial charge on any atom is 0.234 e. The van der Waals surface area contributed by atoms with Crippen LogP contribution in [0.25, 0.3) is 0 Å². The molecule has 0 bridgehead atoms. The molecular weight excluding hydrogens is 328 g/mol. The summed E-state index contributed by atoms with van der Waals surface area (Å²) in [5, 5.41) is 3.03. The van der Waals surface area contributed by atoms with Gasteiger partial charge in [0.25, 0.3) is 0 Å². The number of benzene rings is 1. The van der Waals surface area contributed by atoms with Gasteiger partial charge in [-0.3, -0.25) is 9.69 Å². The number of alkyl halides is 1. The van der Waals surface area contributed by atoms with Gasteiger partial charge in [0, 0.05) is 13.1 Å². The first-order valence-electron chi connectivity index (χ1n) is 7.70. The molecule has 1 aromatic carbocycles. The summed E-state index contributed by atoms with van der Waals surface area (Å²) >= 11 is 3.44. The van der Waals surface area contributed by atoms with Crippen LogP contribution in [0.4, 0.5) is 0 Å². The summed E-state index contributed by atoms with van der Waals surface area (Å²) in [6.45, 7) is 12.0. The lowest BCUT2D eigenvalue weighted by molar-refractivity contribution is -0.121. The van der Waals surface area contributed by atoms with Crippen molar-refractivity contribution in [3.63, 3.8) is 0 Å². The lowest BCUT2D eigenvalue weighted by Gasteiger charge is -2.21. The van der Waals surface area contributed by atoms with E-state index < -0.39 is 0 Å². The molecule has 1 rings (SSSR count). The van der Waals surface area contributed by atoms with Crippen LogP contribution in [0.3, 0.4) is 0 Å². The Balaban J connectivity index is 2.69. The Bertz CT molecular complexity index is 444. The van der Waals surface area contributed by atoms with Gasteiger partial charge in [-0.1, -0.05) is 67.9 Å². The van der Waals surface area contributed by atoms with Gasteiger partial charge in [0.2, 0.25) is 5.91 Å². The zero-order chi connectivity index (χ0) is 15.8. The number of amides is 1. The highest BCUT2D eigenvalue weighted by molar-refractivity contribution is 9.10. The molecular formula is C17H27BrN2O. The van der Waals surface area contributed by atoms with Gasteiger partial charge in [0.1, 0.15) is 0 Å². The van der Waals surface area contributed by atoms with Crippen LogP contribution in [0.1, 0.15) is 38.8 Å². The lowest BCUT2D eigenvalue weighted by atomic mass is 10.1. The van der Waals surface area contributed by atoms with Gasteiger partial charge in [-0.25, -0.2) is 0 Å². The van der Waals surface area contributed by atoms with Crippen molar-refractivity contribution in [2.45, 2.75) is 45.6 Å². The SMILES string of the molecule is CCN(CC)Cc1ccccc1CNC(=O)C(Br)C(C)C. The van der Waals surface area contributed by atoms with Gasteiger partial charge in [-0.05, 0) is 30.1 Å². The maximum absolute atomic E-state index is 12.0. The van der Waals surface area contributed by atoms with Gasteiger partial charge in [-0.2, -0.15) is 0 Å². The monoisotopic (exact) mass is 354 g/mol. The van der Waals surface area contributed by atoms with Gasteiger partial charge in [0.15, 0.2) is 0 Å². The number of hydrogen-bond donors (Lipinski definition) is 1. The minimum Gasteiger partial charge on any atom is -0.351 e. The Hall–Kier alpha value is -0.870. The van der Waals surface area contributed by atoms with Crippen molar-refractivity contribution in [2.75, 3.05) is 13.1 Å². The van der Waals surface area contributed by atoms with E-state index in [1.807, 2.05) is 19.9 Å². The zero-order valence-corrected chi connectivity index (χ0v) is 15.1. The van der Waals surface area contributed by atoms with Crippen molar-refractivity contribution < 1.29 is 4.79 Å². The third kappa shape index (κ3) is 5.79. The number of rotatable bonds is 8. The molecule has 4 heteroatoms. The molecule has 118 valence electrons. The lowest BCUT2D eigenvalue weighted by Crippen LogP contribution is -2.34. The molecule has 0 saturated carbocycles. The van der Waals surface area contributed by atoms with E-state index in [0.29, 0.717) is 6.54 Å². The quantitative estimate of drug-likeness (QED) is 0.723. The van der Waals surface area contributed by atoms with E-state index in [4.69, 9.17) is 0 Å². The average molecular weight is 355 g/mol. The van der Waals surface area contributed by atoms with Crippen LogP contribution in [0.15, 0.2) is 24.3 Å². The standard InChI is InChI=1S/C17H27BrN2O/c1-5-20(6-2)12-15-10-8-7-9-14(15)11-19-17(21)16(18)13(3)4/h7-10,13,16H,5-6,11-12H2,1-4H3,(H,19,21). The summed E-state index contributed by atoms with van der Waals surface area (Å²) in [6, 6.07) is 8.33. The van der Waals surface area contributed by atoms with E-state index in [1.165, 1.54) is 11.1 Å². The first-order valence-corrected chi connectivity index (χ1v) is 8.62. The second kappa shape index (κ2) is 9.21. The number of carbonyl (C=O) groups is 1. The Labute approximate surface area is 137 Å². The van der Waals surface area contributed by atoms with E-state index >= 15 is 0 Å². The molecule has 1 aromatic rings. The minimum absolute atomic E-state index is 0.0580. The number of halogens is 1. The molecule has 1 unspecified atom stereocenters. The number of carbonyl (C=O) groups excluding carboxylic acids is 1. The van der Waals surface area contributed by atoms with Gasteiger partial charge in [-0.15, -0.1) is 0 Å². The normalized spacial score (nSPS) is 12.7. The van der Waals surface area contributed by atoms with Gasteiger partial charge in [0.05, 0.1) is 4.83 Å². The topological polar surface area (TPSA) is 32.3 Å². The van der Waals surface area contributed by atoms with E-state index in [2.05, 4.69) is 58.2 Å². The summed E-state index contributed by atoms with van der Waals surface area (Å²) in [5.74, 6) is 0.346. The Kier molecular flexibility index (Phi) is 7.97. The van der Waals surface area contributed by atoms with E-state index in [0.717, 1.165) is 19.6 Å². The predicted molar refractivity (Wildman–Crippen MR) is 92.5 cm³/mol. The van der Waals surface area contributed by atoms with E-state index in [9.17, 15) is 4.79 Å². The van der Waals surface area contributed by atoms with Crippen molar-refractivity contribution in [3.8, 4) is 0 Å². The van der Waals surface area contributed by atoms with Crippen LogP contribution in [0.2, 0.25) is 0 Å². The van der Waals surface area contributed by atoms with Crippen molar-refractivity contribution in [2.24, 2.45) is 5.92 Å². The number of nitrogens with one attached hydrogen (secondary N) is 1. The third-order valence-corrected chi connectivity index (χ3v) is 5.17.